The summed E-state index contributed by atoms with van der Waals surface area (Å²) in [7, 11) is 0. The van der Waals surface area contributed by atoms with Gasteiger partial charge in [-0.05, 0) is 31.5 Å². The summed E-state index contributed by atoms with van der Waals surface area (Å²) in [5.74, 6) is -4.01. The molecule has 0 atom stereocenters. The van der Waals surface area contributed by atoms with E-state index in [1.54, 1.807) is 5.32 Å². The average Bonchev–Trinajstić information content (AvgIpc) is 2.86. The third-order valence-corrected chi connectivity index (χ3v) is 3.24. The Morgan fingerprint density at radius 3 is 2.27 bits per heavy atom. The Balaban J connectivity index is 2.46. The minimum atomic E-state index is -4.87. The van der Waals surface area contributed by atoms with Gasteiger partial charge in [-0.15, -0.1) is 5.10 Å². The third kappa shape index (κ3) is 4.29. The van der Waals surface area contributed by atoms with Gasteiger partial charge in [-0.1, -0.05) is 0 Å². The molecule has 1 aromatic heterocycles. The van der Waals surface area contributed by atoms with Gasteiger partial charge in [-0.3, -0.25) is 4.79 Å². The Hall–Kier alpha value is -2.66. The molecule has 1 N–H and O–H groups in total. The summed E-state index contributed by atoms with van der Waals surface area (Å²) >= 11 is 0. The monoisotopic (exact) mass is 384 g/mol. The number of hydrogen-bond donors (Lipinski definition) is 1. The molecule has 0 saturated heterocycles. The molecule has 0 bridgehead atoms. The molecule has 0 spiro atoms. The molecule has 142 valence electrons. The normalized spacial score (nSPS) is 12.3. The minimum Gasteiger partial charge on any atom is -0.343 e. The van der Waals surface area contributed by atoms with Gasteiger partial charge in [0.15, 0.2) is 0 Å². The number of carbonyl (C=O) groups excluding carboxylic acids is 1. The zero-order valence-corrected chi connectivity index (χ0v) is 13.3. The second-order valence-electron chi connectivity index (χ2n) is 5.31. The molecule has 0 aliphatic heterocycles. The van der Waals surface area contributed by atoms with Gasteiger partial charge in [-0.25, -0.2) is 14.1 Å². The van der Waals surface area contributed by atoms with Crippen molar-refractivity contribution >= 4 is 5.91 Å². The highest BCUT2D eigenvalue weighted by Crippen LogP contribution is 2.28. The van der Waals surface area contributed by atoms with Crippen LogP contribution in [0.2, 0.25) is 0 Å². The van der Waals surface area contributed by atoms with E-state index < -0.39 is 42.1 Å². The molecule has 0 aliphatic carbocycles. The highest BCUT2D eigenvalue weighted by molar-refractivity contribution is 5.96. The van der Waals surface area contributed by atoms with Crippen LogP contribution in [0.5, 0.6) is 0 Å². The quantitative estimate of drug-likeness (QED) is 0.826. The molecule has 12 heteroatoms. The number of hydrogen-bond acceptors (Lipinski definition) is 3. The van der Waals surface area contributed by atoms with Crippen LogP contribution in [0.4, 0.5) is 30.7 Å². The van der Waals surface area contributed by atoms with Crippen molar-refractivity contribution in [1.82, 2.24) is 20.1 Å². The Morgan fingerprint density at radius 2 is 1.77 bits per heavy atom. The number of benzene rings is 1. The maximum atomic E-state index is 14.2. The lowest BCUT2D eigenvalue weighted by Crippen LogP contribution is -2.34. The zero-order valence-electron chi connectivity index (χ0n) is 13.3. The second-order valence-corrected chi connectivity index (χ2v) is 5.31. The molecule has 0 saturated carbocycles. The van der Waals surface area contributed by atoms with Crippen LogP contribution >= 0.6 is 0 Å². The number of nitrogens with one attached hydrogen (secondary N) is 1. The summed E-state index contributed by atoms with van der Waals surface area (Å²) in [6.07, 6.45) is -9.53. The lowest BCUT2D eigenvalue weighted by Gasteiger charge is -2.12. The lowest BCUT2D eigenvalue weighted by molar-refractivity contribution is -0.144. The Kier molecular flexibility index (Phi) is 4.97. The first-order chi connectivity index (χ1) is 11.8. The van der Waals surface area contributed by atoms with Gasteiger partial charge >= 0.3 is 12.4 Å². The standard InChI is InChI=1S/C14H11F7N4O/c1-6-3-9(15)10(4-8(6)11(26)22-5-13(16,17)18)25-7(2)23-12(24-25)14(19,20)21/h3-4H,5H2,1-2H3,(H,22,26). The SMILES string of the molecule is Cc1cc(F)c(-n2nc(C(F)(F)F)nc2C)cc1C(=O)NCC(F)(F)F. The fourth-order valence-corrected chi connectivity index (χ4v) is 2.08. The van der Waals surface area contributed by atoms with Crippen LogP contribution < -0.4 is 5.32 Å². The van der Waals surface area contributed by atoms with E-state index in [2.05, 4.69) is 10.1 Å². The van der Waals surface area contributed by atoms with E-state index in [1.165, 1.54) is 6.92 Å². The molecule has 26 heavy (non-hydrogen) atoms. The van der Waals surface area contributed by atoms with Crippen molar-refractivity contribution in [3.63, 3.8) is 0 Å². The van der Waals surface area contributed by atoms with Crippen molar-refractivity contribution in [2.45, 2.75) is 26.2 Å². The number of rotatable bonds is 3. The molecule has 1 heterocycles. The highest BCUT2D eigenvalue weighted by Gasteiger charge is 2.37. The minimum absolute atomic E-state index is 0.000243. The van der Waals surface area contributed by atoms with E-state index in [0.29, 0.717) is 4.68 Å². The summed E-state index contributed by atoms with van der Waals surface area (Å²) in [5.41, 5.74) is -0.887. The summed E-state index contributed by atoms with van der Waals surface area (Å²) in [5, 5.41) is 4.77. The van der Waals surface area contributed by atoms with Crippen LogP contribution in [0.25, 0.3) is 5.69 Å². The first-order valence-electron chi connectivity index (χ1n) is 6.96. The van der Waals surface area contributed by atoms with Gasteiger partial charge in [-0.2, -0.15) is 26.3 Å². The van der Waals surface area contributed by atoms with Gasteiger partial charge in [0.05, 0.1) is 0 Å². The number of carbonyl (C=O) groups is 1. The van der Waals surface area contributed by atoms with Gasteiger partial charge in [0.25, 0.3) is 11.7 Å². The summed E-state index contributed by atoms with van der Waals surface area (Å²) in [6, 6.07) is 1.63. The van der Waals surface area contributed by atoms with Crippen molar-refractivity contribution in [3.8, 4) is 5.69 Å². The number of aryl methyl sites for hydroxylation is 2. The van der Waals surface area contributed by atoms with Crippen LogP contribution in [0.3, 0.4) is 0 Å². The molecular formula is C14H11F7N4O. The van der Waals surface area contributed by atoms with Gasteiger partial charge in [0, 0.05) is 5.56 Å². The fraction of sp³-hybridized carbons (Fsp3) is 0.357. The molecule has 2 rings (SSSR count). The average molecular weight is 384 g/mol. The van der Waals surface area contributed by atoms with Crippen molar-refractivity contribution in [3.05, 3.63) is 40.7 Å². The fourth-order valence-electron chi connectivity index (χ4n) is 2.08. The molecule has 0 fully saturated rings. The Bertz CT molecular complexity index is 839. The molecule has 0 unspecified atom stereocenters. The predicted molar refractivity (Wildman–Crippen MR) is 74.2 cm³/mol. The number of aromatic nitrogens is 3. The molecule has 0 aliphatic rings. The van der Waals surface area contributed by atoms with Gasteiger partial charge in [0.2, 0.25) is 0 Å². The maximum Gasteiger partial charge on any atom is 0.453 e. The van der Waals surface area contributed by atoms with Crippen LogP contribution in [0, 0.1) is 19.7 Å². The van der Waals surface area contributed by atoms with Crippen molar-refractivity contribution in [2.75, 3.05) is 6.54 Å². The largest absolute Gasteiger partial charge is 0.453 e. The van der Waals surface area contributed by atoms with E-state index >= 15 is 0 Å². The predicted octanol–water partition coefficient (Wildman–Crippen LogP) is 3.33. The van der Waals surface area contributed by atoms with Gasteiger partial charge in [0.1, 0.15) is 23.9 Å². The Labute approximate surface area is 141 Å². The first kappa shape index (κ1) is 19.7. The topological polar surface area (TPSA) is 59.8 Å². The van der Waals surface area contributed by atoms with E-state index in [4.69, 9.17) is 0 Å². The summed E-state index contributed by atoms with van der Waals surface area (Å²) < 4.78 is 89.3. The van der Waals surface area contributed by atoms with Crippen LogP contribution in [0.15, 0.2) is 12.1 Å². The van der Waals surface area contributed by atoms with Crippen molar-refractivity contribution in [1.29, 1.82) is 0 Å². The van der Waals surface area contributed by atoms with E-state index in [1.807, 2.05) is 0 Å². The van der Waals surface area contributed by atoms with Gasteiger partial charge < -0.3 is 5.32 Å². The van der Waals surface area contributed by atoms with Crippen LogP contribution in [-0.2, 0) is 6.18 Å². The van der Waals surface area contributed by atoms with Crippen molar-refractivity contribution < 1.29 is 35.5 Å². The maximum absolute atomic E-state index is 14.2. The molecular weight excluding hydrogens is 373 g/mol. The molecule has 1 aromatic carbocycles. The Morgan fingerprint density at radius 1 is 1.15 bits per heavy atom. The third-order valence-electron chi connectivity index (χ3n) is 3.24. The van der Waals surface area contributed by atoms with Crippen LogP contribution in [0.1, 0.15) is 27.6 Å². The summed E-state index contributed by atoms with van der Waals surface area (Å²) in [6.45, 7) is 0.786. The molecule has 1 amide bonds. The summed E-state index contributed by atoms with van der Waals surface area (Å²) in [4.78, 5) is 15.1. The lowest BCUT2D eigenvalue weighted by atomic mass is 10.1. The smallest absolute Gasteiger partial charge is 0.343 e. The second kappa shape index (κ2) is 6.57. The molecule has 0 radical (unpaired) electrons. The van der Waals surface area contributed by atoms with E-state index in [0.717, 1.165) is 19.1 Å². The molecule has 5 nitrogen and oxygen atoms in total. The van der Waals surface area contributed by atoms with Crippen molar-refractivity contribution in [2.24, 2.45) is 0 Å². The number of nitrogens with zero attached hydrogens (tertiary/aromatic N) is 3. The van der Waals surface area contributed by atoms with E-state index in [-0.39, 0.29) is 17.0 Å². The number of amides is 1. The molecule has 2 aromatic rings. The number of alkyl halides is 6. The van der Waals surface area contributed by atoms with E-state index in [9.17, 15) is 35.5 Å². The highest BCUT2D eigenvalue weighted by atomic mass is 19.4. The number of halogens is 7. The first-order valence-corrected chi connectivity index (χ1v) is 6.96. The zero-order chi connectivity index (χ0) is 19.9. The van der Waals surface area contributed by atoms with Crippen LogP contribution in [-0.4, -0.2) is 33.4 Å².